The monoisotopic (exact) mass is 353 g/mol. The van der Waals surface area contributed by atoms with Gasteiger partial charge in [0.05, 0.1) is 10.0 Å². The molecule has 8 heteroatoms. The van der Waals surface area contributed by atoms with E-state index in [4.69, 9.17) is 33.7 Å². The molecule has 1 aromatic heterocycles. The predicted octanol–water partition coefficient (Wildman–Crippen LogP) is 3.86. The first-order chi connectivity index (χ1) is 8.10. The van der Waals surface area contributed by atoms with Crippen LogP contribution in [0.3, 0.4) is 0 Å². The Balaban J connectivity index is 2.26. The van der Waals surface area contributed by atoms with Gasteiger partial charge >= 0.3 is 0 Å². The van der Waals surface area contributed by atoms with Gasteiger partial charge in [0, 0.05) is 17.1 Å². The van der Waals surface area contributed by atoms with Crippen molar-refractivity contribution in [3.63, 3.8) is 0 Å². The molecular formula is C9H6BrCl2N3OS. The SMILES string of the molecule is NCc1nnc(Oc2cc(Cl)c(Br)cc2Cl)s1. The van der Waals surface area contributed by atoms with Gasteiger partial charge in [-0.3, -0.25) is 0 Å². The van der Waals surface area contributed by atoms with E-state index in [2.05, 4.69) is 26.1 Å². The molecule has 0 saturated heterocycles. The minimum Gasteiger partial charge on any atom is -0.428 e. The Morgan fingerprint density at radius 2 is 2.06 bits per heavy atom. The highest BCUT2D eigenvalue weighted by molar-refractivity contribution is 9.10. The van der Waals surface area contributed by atoms with Crippen molar-refractivity contribution in [2.45, 2.75) is 6.54 Å². The summed E-state index contributed by atoms with van der Waals surface area (Å²) in [6.45, 7) is 0.329. The fraction of sp³-hybridized carbons (Fsp3) is 0.111. The molecule has 1 heterocycles. The van der Waals surface area contributed by atoms with Gasteiger partial charge in [0.15, 0.2) is 5.75 Å². The van der Waals surface area contributed by atoms with Crippen molar-refractivity contribution < 1.29 is 4.74 Å². The number of hydrogen-bond donors (Lipinski definition) is 1. The third-order valence-corrected chi connectivity index (χ3v) is 4.11. The smallest absolute Gasteiger partial charge is 0.299 e. The summed E-state index contributed by atoms with van der Waals surface area (Å²) in [6.07, 6.45) is 0. The normalized spacial score (nSPS) is 10.6. The van der Waals surface area contributed by atoms with Gasteiger partial charge in [-0.15, -0.1) is 5.10 Å². The second kappa shape index (κ2) is 5.49. The topological polar surface area (TPSA) is 61.0 Å². The quantitative estimate of drug-likeness (QED) is 0.850. The molecule has 0 bridgehead atoms. The Morgan fingerprint density at radius 3 is 2.71 bits per heavy atom. The maximum absolute atomic E-state index is 6.01. The second-order valence-corrected chi connectivity index (χ2v) is 5.66. The van der Waals surface area contributed by atoms with Crippen molar-refractivity contribution in [1.29, 1.82) is 0 Å². The lowest BCUT2D eigenvalue weighted by Gasteiger charge is -2.05. The van der Waals surface area contributed by atoms with Crippen LogP contribution in [0.1, 0.15) is 5.01 Å². The Bertz CT molecular complexity index is 549. The number of hydrogen-bond acceptors (Lipinski definition) is 5. The zero-order valence-electron chi connectivity index (χ0n) is 8.28. The van der Waals surface area contributed by atoms with Crippen LogP contribution in [0.25, 0.3) is 0 Å². The molecule has 0 aliphatic heterocycles. The largest absolute Gasteiger partial charge is 0.428 e. The molecule has 2 rings (SSSR count). The highest BCUT2D eigenvalue weighted by atomic mass is 79.9. The van der Waals surface area contributed by atoms with Crippen LogP contribution in [0.2, 0.25) is 10.0 Å². The molecule has 0 amide bonds. The van der Waals surface area contributed by atoms with Crippen molar-refractivity contribution in [3.05, 3.63) is 31.7 Å². The average Bonchev–Trinajstić information content (AvgIpc) is 2.73. The molecule has 90 valence electrons. The van der Waals surface area contributed by atoms with E-state index in [0.29, 0.717) is 37.0 Å². The molecule has 0 fully saturated rings. The lowest BCUT2D eigenvalue weighted by atomic mass is 10.3. The zero-order chi connectivity index (χ0) is 12.4. The van der Waals surface area contributed by atoms with E-state index in [1.165, 1.54) is 11.3 Å². The fourth-order valence-electron chi connectivity index (χ4n) is 1.04. The van der Waals surface area contributed by atoms with E-state index in [0.717, 1.165) is 0 Å². The molecule has 2 aromatic rings. The molecule has 2 N–H and O–H groups in total. The van der Waals surface area contributed by atoms with Crippen LogP contribution in [0.5, 0.6) is 10.9 Å². The number of benzene rings is 1. The Hall–Kier alpha value is -0.400. The summed E-state index contributed by atoms with van der Waals surface area (Å²) in [5.74, 6) is 0.430. The number of aromatic nitrogens is 2. The third-order valence-electron chi connectivity index (χ3n) is 1.80. The van der Waals surface area contributed by atoms with Crippen LogP contribution in [0.4, 0.5) is 0 Å². The van der Waals surface area contributed by atoms with Gasteiger partial charge in [0.2, 0.25) is 0 Å². The molecular weight excluding hydrogens is 349 g/mol. The maximum atomic E-state index is 6.01. The molecule has 0 aliphatic carbocycles. The summed E-state index contributed by atoms with van der Waals surface area (Å²) in [7, 11) is 0. The van der Waals surface area contributed by atoms with Crippen LogP contribution in [-0.4, -0.2) is 10.2 Å². The first kappa shape index (κ1) is 13.0. The predicted molar refractivity (Wildman–Crippen MR) is 72.0 cm³/mol. The highest BCUT2D eigenvalue weighted by Crippen LogP contribution is 2.37. The summed E-state index contributed by atoms with van der Waals surface area (Å²) in [4.78, 5) is 0. The Morgan fingerprint density at radius 1 is 1.29 bits per heavy atom. The summed E-state index contributed by atoms with van der Waals surface area (Å²) in [6, 6.07) is 3.27. The molecule has 0 unspecified atom stereocenters. The third kappa shape index (κ3) is 3.08. The van der Waals surface area contributed by atoms with Crippen molar-refractivity contribution in [2.75, 3.05) is 0 Å². The first-order valence-corrected chi connectivity index (χ1v) is 6.81. The van der Waals surface area contributed by atoms with Crippen LogP contribution in [0.15, 0.2) is 16.6 Å². The van der Waals surface area contributed by atoms with Crippen LogP contribution < -0.4 is 10.5 Å². The second-order valence-electron chi connectivity index (χ2n) is 2.96. The first-order valence-electron chi connectivity index (χ1n) is 4.45. The number of nitrogens with two attached hydrogens (primary N) is 1. The van der Waals surface area contributed by atoms with E-state index < -0.39 is 0 Å². The summed E-state index contributed by atoms with van der Waals surface area (Å²) < 4.78 is 6.18. The van der Waals surface area contributed by atoms with Gasteiger partial charge in [-0.05, 0) is 22.0 Å². The van der Waals surface area contributed by atoms with Gasteiger partial charge in [0.25, 0.3) is 5.19 Å². The molecule has 0 aliphatic rings. The van der Waals surface area contributed by atoms with Gasteiger partial charge in [-0.2, -0.15) is 0 Å². The van der Waals surface area contributed by atoms with Crippen LogP contribution in [0, 0.1) is 0 Å². The van der Waals surface area contributed by atoms with Gasteiger partial charge in [0.1, 0.15) is 5.01 Å². The molecule has 0 spiro atoms. The van der Waals surface area contributed by atoms with Crippen molar-refractivity contribution in [1.82, 2.24) is 10.2 Å². The number of rotatable bonds is 3. The van der Waals surface area contributed by atoms with Crippen LogP contribution in [-0.2, 0) is 6.54 Å². The Kier molecular flexibility index (Phi) is 4.22. The molecule has 17 heavy (non-hydrogen) atoms. The molecule has 4 nitrogen and oxygen atoms in total. The fourth-order valence-corrected chi connectivity index (χ4v) is 2.45. The van der Waals surface area contributed by atoms with Crippen molar-refractivity contribution in [2.24, 2.45) is 5.73 Å². The average molecular weight is 355 g/mol. The lowest BCUT2D eigenvalue weighted by molar-refractivity contribution is 0.473. The number of ether oxygens (including phenoxy) is 1. The van der Waals surface area contributed by atoms with E-state index in [9.17, 15) is 0 Å². The summed E-state index contributed by atoms with van der Waals surface area (Å²) >= 11 is 16.5. The van der Waals surface area contributed by atoms with Gasteiger partial charge in [-0.1, -0.05) is 39.6 Å². The lowest BCUT2D eigenvalue weighted by Crippen LogP contribution is -1.94. The summed E-state index contributed by atoms with van der Waals surface area (Å²) in [5, 5.41) is 9.68. The molecule has 1 aromatic carbocycles. The van der Waals surface area contributed by atoms with Gasteiger partial charge in [-0.25, -0.2) is 0 Å². The Labute approximate surface area is 120 Å². The van der Waals surface area contributed by atoms with Crippen LogP contribution >= 0.6 is 50.5 Å². The number of nitrogens with zero attached hydrogens (tertiary/aromatic N) is 2. The standard InChI is InChI=1S/C9H6BrCl2N3OS/c10-4-1-6(12)7(2-5(4)11)16-9-15-14-8(3-13)17-9/h1-2H,3,13H2. The zero-order valence-corrected chi connectivity index (χ0v) is 12.2. The van der Waals surface area contributed by atoms with E-state index in [1.807, 2.05) is 0 Å². The number of halogens is 3. The van der Waals surface area contributed by atoms with Gasteiger partial charge < -0.3 is 10.5 Å². The molecule has 0 atom stereocenters. The maximum Gasteiger partial charge on any atom is 0.299 e. The minimum absolute atomic E-state index is 0.329. The van der Waals surface area contributed by atoms with E-state index in [-0.39, 0.29) is 0 Å². The highest BCUT2D eigenvalue weighted by Gasteiger charge is 2.10. The molecule has 0 radical (unpaired) electrons. The van der Waals surface area contributed by atoms with Crippen molar-refractivity contribution in [3.8, 4) is 10.9 Å². The van der Waals surface area contributed by atoms with E-state index in [1.54, 1.807) is 12.1 Å². The summed E-state index contributed by atoms with van der Waals surface area (Å²) in [5.41, 5.74) is 5.43. The van der Waals surface area contributed by atoms with E-state index >= 15 is 0 Å². The minimum atomic E-state index is 0.329. The molecule has 0 saturated carbocycles. The van der Waals surface area contributed by atoms with Crippen molar-refractivity contribution >= 4 is 50.5 Å².